The molecule has 1 amide bonds. The Morgan fingerprint density at radius 3 is 2.75 bits per heavy atom. The lowest BCUT2D eigenvalue weighted by molar-refractivity contribution is -0.137. The van der Waals surface area contributed by atoms with Crippen molar-refractivity contribution in [2.45, 2.75) is 19.0 Å². The number of benzene rings is 1. The minimum atomic E-state index is 0.158. The third-order valence-corrected chi connectivity index (χ3v) is 4.28. The molecule has 2 aromatic heterocycles. The average molecular weight is 322 g/mol. The first kappa shape index (κ1) is 14.6. The topological polar surface area (TPSA) is 68.8 Å². The Morgan fingerprint density at radius 2 is 2.00 bits per heavy atom. The summed E-state index contributed by atoms with van der Waals surface area (Å²) in [5.74, 6) is 0.158. The number of aromatic nitrogens is 5. The zero-order valence-corrected chi connectivity index (χ0v) is 13.2. The quantitative estimate of drug-likeness (QED) is 0.716. The fourth-order valence-corrected chi connectivity index (χ4v) is 2.82. The van der Waals surface area contributed by atoms with Gasteiger partial charge in [-0.1, -0.05) is 35.5 Å². The Kier molecular flexibility index (Phi) is 3.82. The van der Waals surface area contributed by atoms with Gasteiger partial charge in [-0.05, 0) is 6.07 Å². The van der Waals surface area contributed by atoms with Crippen LogP contribution in [0.5, 0.6) is 0 Å². The molecule has 4 rings (SSSR count). The molecular weight excluding hydrogens is 304 g/mol. The van der Waals surface area contributed by atoms with E-state index in [1.54, 1.807) is 10.9 Å². The minimum absolute atomic E-state index is 0.158. The second kappa shape index (κ2) is 6.27. The van der Waals surface area contributed by atoms with E-state index in [0.29, 0.717) is 26.1 Å². The molecule has 122 valence electrons. The summed E-state index contributed by atoms with van der Waals surface area (Å²) in [6.45, 7) is 2.00. The second-order valence-corrected chi connectivity index (χ2v) is 5.92. The van der Waals surface area contributed by atoms with Gasteiger partial charge >= 0.3 is 0 Å². The molecule has 0 saturated carbocycles. The monoisotopic (exact) mass is 322 g/mol. The lowest BCUT2D eigenvalue weighted by Gasteiger charge is -2.38. The molecule has 1 aromatic carbocycles. The fourth-order valence-electron chi connectivity index (χ4n) is 2.82. The summed E-state index contributed by atoms with van der Waals surface area (Å²) < 4.78 is 3.64. The van der Waals surface area contributed by atoms with E-state index < -0.39 is 0 Å². The highest BCUT2D eigenvalue weighted by atomic mass is 16.2. The Morgan fingerprint density at radius 1 is 1.17 bits per heavy atom. The highest BCUT2D eigenvalue weighted by Crippen LogP contribution is 2.23. The molecule has 3 heterocycles. The number of nitrogens with zero attached hydrogens (tertiary/aromatic N) is 6. The van der Waals surface area contributed by atoms with Crippen LogP contribution >= 0.6 is 0 Å². The number of hydrogen-bond donors (Lipinski definition) is 0. The Balaban J connectivity index is 1.31. The molecular formula is C17H18N6O. The van der Waals surface area contributed by atoms with Crippen molar-refractivity contribution in [1.29, 1.82) is 0 Å². The SMILES string of the molecule is O=C(CCn1cccn1)N1CC(n2cc(-c3ccccc3)nn2)C1. The van der Waals surface area contributed by atoms with Crippen LogP contribution in [0.1, 0.15) is 12.5 Å². The van der Waals surface area contributed by atoms with E-state index in [4.69, 9.17) is 0 Å². The van der Waals surface area contributed by atoms with Crippen LogP contribution in [-0.2, 0) is 11.3 Å². The van der Waals surface area contributed by atoms with Crippen LogP contribution in [0.3, 0.4) is 0 Å². The molecule has 3 aromatic rings. The van der Waals surface area contributed by atoms with Crippen molar-refractivity contribution >= 4 is 5.91 Å². The van der Waals surface area contributed by atoms with E-state index >= 15 is 0 Å². The number of aryl methyl sites for hydroxylation is 1. The lowest BCUT2D eigenvalue weighted by atomic mass is 10.1. The van der Waals surface area contributed by atoms with Gasteiger partial charge in [0, 0.05) is 44.0 Å². The van der Waals surface area contributed by atoms with Crippen molar-refractivity contribution in [3.8, 4) is 11.3 Å². The molecule has 0 bridgehead atoms. The molecule has 7 nitrogen and oxygen atoms in total. The summed E-state index contributed by atoms with van der Waals surface area (Å²) >= 11 is 0. The van der Waals surface area contributed by atoms with Crippen molar-refractivity contribution < 1.29 is 4.79 Å². The molecule has 0 radical (unpaired) electrons. The van der Waals surface area contributed by atoms with Gasteiger partial charge in [-0.15, -0.1) is 5.10 Å². The summed E-state index contributed by atoms with van der Waals surface area (Å²) in [6.07, 6.45) is 6.01. The lowest BCUT2D eigenvalue weighted by Crippen LogP contribution is -2.51. The molecule has 1 aliphatic heterocycles. The Hall–Kier alpha value is -2.96. The van der Waals surface area contributed by atoms with Gasteiger partial charge in [0.05, 0.1) is 12.2 Å². The average Bonchev–Trinajstić information content (AvgIpc) is 3.24. The van der Waals surface area contributed by atoms with Crippen LogP contribution in [-0.4, -0.2) is 48.7 Å². The van der Waals surface area contributed by atoms with Crippen LogP contribution < -0.4 is 0 Å². The zero-order chi connectivity index (χ0) is 16.4. The first-order chi connectivity index (χ1) is 11.8. The molecule has 24 heavy (non-hydrogen) atoms. The molecule has 7 heteroatoms. The summed E-state index contributed by atoms with van der Waals surface area (Å²) in [4.78, 5) is 14.0. The predicted octanol–water partition coefficient (Wildman–Crippen LogP) is 1.62. The van der Waals surface area contributed by atoms with Gasteiger partial charge in [-0.25, -0.2) is 4.68 Å². The highest BCUT2D eigenvalue weighted by molar-refractivity contribution is 5.77. The summed E-state index contributed by atoms with van der Waals surface area (Å²) in [7, 11) is 0. The van der Waals surface area contributed by atoms with Gasteiger partial charge < -0.3 is 4.90 Å². The molecule has 1 aliphatic rings. The van der Waals surface area contributed by atoms with Gasteiger partial charge in [0.15, 0.2) is 0 Å². The van der Waals surface area contributed by atoms with Crippen LogP contribution in [0, 0.1) is 0 Å². The number of carbonyl (C=O) groups excluding carboxylic acids is 1. The first-order valence-electron chi connectivity index (χ1n) is 8.02. The maximum atomic E-state index is 12.2. The van der Waals surface area contributed by atoms with E-state index in [9.17, 15) is 4.79 Å². The van der Waals surface area contributed by atoms with Gasteiger partial charge in [-0.3, -0.25) is 9.48 Å². The number of likely N-dealkylation sites (tertiary alicyclic amines) is 1. The molecule has 0 atom stereocenters. The van der Waals surface area contributed by atoms with E-state index in [1.807, 2.05) is 58.4 Å². The van der Waals surface area contributed by atoms with Crippen LogP contribution in [0.25, 0.3) is 11.3 Å². The van der Waals surface area contributed by atoms with Gasteiger partial charge in [-0.2, -0.15) is 5.10 Å². The van der Waals surface area contributed by atoms with Gasteiger partial charge in [0.2, 0.25) is 5.91 Å². The van der Waals surface area contributed by atoms with E-state index in [-0.39, 0.29) is 11.9 Å². The molecule has 0 spiro atoms. The number of hydrogen-bond acceptors (Lipinski definition) is 4. The smallest absolute Gasteiger partial charge is 0.224 e. The highest BCUT2D eigenvalue weighted by Gasteiger charge is 2.32. The fraction of sp³-hybridized carbons (Fsp3) is 0.294. The molecule has 0 N–H and O–H groups in total. The third-order valence-electron chi connectivity index (χ3n) is 4.28. The van der Waals surface area contributed by atoms with Gasteiger partial charge in [0.1, 0.15) is 5.69 Å². The van der Waals surface area contributed by atoms with Crippen molar-refractivity contribution in [1.82, 2.24) is 29.7 Å². The predicted molar refractivity (Wildman–Crippen MR) is 87.9 cm³/mol. The summed E-state index contributed by atoms with van der Waals surface area (Å²) in [5, 5.41) is 12.5. The Bertz CT molecular complexity index is 805. The Labute approximate surface area is 139 Å². The van der Waals surface area contributed by atoms with Crippen LogP contribution in [0.2, 0.25) is 0 Å². The second-order valence-electron chi connectivity index (χ2n) is 5.92. The van der Waals surface area contributed by atoms with Crippen molar-refractivity contribution in [3.05, 3.63) is 55.0 Å². The number of amides is 1. The van der Waals surface area contributed by atoms with Crippen molar-refractivity contribution in [3.63, 3.8) is 0 Å². The van der Waals surface area contributed by atoms with E-state index in [1.165, 1.54) is 0 Å². The van der Waals surface area contributed by atoms with Crippen LogP contribution in [0.15, 0.2) is 55.0 Å². The van der Waals surface area contributed by atoms with Crippen molar-refractivity contribution in [2.24, 2.45) is 0 Å². The molecule has 0 aliphatic carbocycles. The van der Waals surface area contributed by atoms with E-state index in [0.717, 1.165) is 11.3 Å². The summed E-state index contributed by atoms with van der Waals surface area (Å²) in [5.41, 5.74) is 1.91. The molecule has 1 fully saturated rings. The van der Waals surface area contributed by atoms with Gasteiger partial charge in [0.25, 0.3) is 0 Å². The van der Waals surface area contributed by atoms with E-state index in [2.05, 4.69) is 15.4 Å². The third kappa shape index (κ3) is 2.92. The summed E-state index contributed by atoms with van der Waals surface area (Å²) in [6, 6.07) is 12.0. The molecule has 1 saturated heterocycles. The maximum absolute atomic E-state index is 12.2. The minimum Gasteiger partial charge on any atom is -0.338 e. The maximum Gasteiger partial charge on any atom is 0.224 e. The number of rotatable bonds is 5. The van der Waals surface area contributed by atoms with Crippen molar-refractivity contribution in [2.75, 3.05) is 13.1 Å². The normalized spacial score (nSPS) is 14.6. The largest absolute Gasteiger partial charge is 0.338 e. The zero-order valence-electron chi connectivity index (χ0n) is 13.2. The standard InChI is InChI=1S/C17H18N6O/c24-17(7-10-22-9-4-8-18-22)21-11-15(12-21)23-13-16(19-20-23)14-5-2-1-3-6-14/h1-6,8-9,13,15H,7,10-12H2. The van der Waals surface area contributed by atoms with Crippen LogP contribution in [0.4, 0.5) is 0 Å². The molecule has 0 unspecified atom stereocenters. The first-order valence-corrected chi connectivity index (χ1v) is 8.02. The number of carbonyl (C=O) groups is 1.